The number of hydrogen-bond acceptors (Lipinski definition) is 5. The highest BCUT2D eigenvalue weighted by molar-refractivity contribution is 7.99. The number of rotatable bonds is 3. The van der Waals surface area contributed by atoms with E-state index >= 15 is 0 Å². The Hall–Kier alpha value is -2.35. The van der Waals surface area contributed by atoms with E-state index in [4.69, 9.17) is 11.5 Å². The third-order valence-electron chi connectivity index (χ3n) is 2.78. The van der Waals surface area contributed by atoms with Crippen LogP contribution in [0.3, 0.4) is 0 Å². The Bertz CT molecular complexity index is 671. The fraction of sp³-hybridized carbons (Fsp3) is 0.167. The van der Waals surface area contributed by atoms with Gasteiger partial charge in [0.05, 0.1) is 17.6 Å². The van der Waals surface area contributed by atoms with Crippen molar-refractivity contribution < 1.29 is 0 Å². The molecule has 3 rings (SSSR count). The van der Waals surface area contributed by atoms with Crippen molar-refractivity contribution in [3.05, 3.63) is 30.1 Å². The average molecular weight is 287 g/mol. The van der Waals surface area contributed by atoms with Crippen LogP contribution in [0.5, 0.6) is 0 Å². The van der Waals surface area contributed by atoms with E-state index in [0.29, 0.717) is 0 Å². The highest BCUT2D eigenvalue weighted by Gasteiger charge is 2.22. The Morgan fingerprint density at radius 3 is 3.05 bits per heavy atom. The summed E-state index contributed by atoms with van der Waals surface area (Å²) >= 11 is 1.71. The minimum atomic E-state index is -0.0730. The first kappa shape index (κ1) is 12.7. The Balaban J connectivity index is 2.07. The summed E-state index contributed by atoms with van der Waals surface area (Å²) in [7, 11) is 0. The maximum atomic E-state index is 5.27. The molecular weight excluding hydrogens is 274 g/mol. The molecule has 4 N–H and O–H groups in total. The number of pyridine rings is 1. The van der Waals surface area contributed by atoms with E-state index in [1.54, 1.807) is 24.2 Å². The van der Waals surface area contributed by atoms with Crippen molar-refractivity contribution in [2.45, 2.75) is 11.7 Å². The Labute approximate surface area is 119 Å². The third kappa shape index (κ3) is 2.37. The van der Waals surface area contributed by atoms with Gasteiger partial charge >= 0.3 is 0 Å². The summed E-state index contributed by atoms with van der Waals surface area (Å²) in [6.45, 7) is 0.892. The zero-order valence-electron chi connectivity index (χ0n) is 10.6. The molecule has 0 amide bonds. The number of thioether (sulfide) groups is 1. The van der Waals surface area contributed by atoms with Crippen LogP contribution in [0, 0.1) is 0 Å². The number of guanidine groups is 1. The molecule has 0 saturated heterocycles. The van der Waals surface area contributed by atoms with Crippen LogP contribution >= 0.6 is 11.8 Å². The molecule has 8 heteroatoms. The molecule has 3 heterocycles. The van der Waals surface area contributed by atoms with E-state index in [9.17, 15) is 0 Å². The Kier molecular flexibility index (Phi) is 3.38. The second kappa shape index (κ2) is 5.33. The molecule has 2 aromatic rings. The molecule has 0 aromatic carbocycles. The fourth-order valence-corrected chi connectivity index (χ4v) is 2.93. The van der Waals surface area contributed by atoms with Gasteiger partial charge in [-0.2, -0.15) is 5.10 Å². The maximum Gasteiger partial charge on any atom is 0.211 e. The van der Waals surface area contributed by atoms with Gasteiger partial charge < -0.3 is 16.0 Å². The molecule has 20 heavy (non-hydrogen) atoms. The van der Waals surface area contributed by atoms with Gasteiger partial charge in [-0.05, 0) is 12.1 Å². The van der Waals surface area contributed by atoms with E-state index in [0.717, 1.165) is 34.5 Å². The van der Waals surface area contributed by atoms with E-state index in [-0.39, 0.29) is 5.96 Å². The smallest absolute Gasteiger partial charge is 0.211 e. The topological polar surface area (TPSA) is 107 Å². The van der Waals surface area contributed by atoms with Crippen molar-refractivity contribution in [1.29, 1.82) is 0 Å². The van der Waals surface area contributed by atoms with Gasteiger partial charge in [0.15, 0.2) is 5.16 Å². The standard InChI is InChI=1S/C12H13N7S/c13-11(14)18-16-7-9-10(8-3-1-2-4-15-8)17-12-19(9)5-6-20-12/h1-4,7H,5-6H2,(H4,13,14,18)/b16-7+. The number of fused-ring (bicyclic) bond motifs is 1. The zero-order valence-corrected chi connectivity index (χ0v) is 11.4. The predicted octanol–water partition coefficient (Wildman–Crippen LogP) is 0.658. The maximum absolute atomic E-state index is 5.27. The summed E-state index contributed by atoms with van der Waals surface area (Å²) in [5, 5.41) is 8.49. The fourth-order valence-electron chi connectivity index (χ4n) is 1.97. The lowest BCUT2D eigenvalue weighted by Gasteiger charge is -2.01. The molecule has 0 atom stereocenters. The predicted molar refractivity (Wildman–Crippen MR) is 79.6 cm³/mol. The van der Waals surface area contributed by atoms with Gasteiger partial charge in [0.2, 0.25) is 5.96 Å². The average Bonchev–Trinajstić information content (AvgIpc) is 3.01. The van der Waals surface area contributed by atoms with E-state index < -0.39 is 0 Å². The summed E-state index contributed by atoms with van der Waals surface area (Å²) in [6.07, 6.45) is 3.36. The lowest BCUT2D eigenvalue weighted by atomic mass is 10.2. The highest BCUT2D eigenvalue weighted by Crippen LogP contribution is 2.31. The molecule has 0 bridgehead atoms. The van der Waals surface area contributed by atoms with Crippen LogP contribution < -0.4 is 11.5 Å². The van der Waals surface area contributed by atoms with Crippen molar-refractivity contribution in [3.8, 4) is 11.4 Å². The first-order valence-corrected chi connectivity index (χ1v) is 7.01. The molecule has 1 aliphatic rings. The summed E-state index contributed by atoms with van der Waals surface area (Å²) in [4.78, 5) is 8.95. The van der Waals surface area contributed by atoms with Crippen LogP contribution in [0.25, 0.3) is 11.4 Å². The first-order valence-electron chi connectivity index (χ1n) is 6.02. The van der Waals surface area contributed by atoms with Crippen molar-refractivity contribution in [1.82, 2.24) is 14.5 Å². The van der Waals surface area contributed by atoms with E-state index in [2.05, 4.69) is 24.7 Å². The van der Waals surface area contributed by atoms with Gasteiger partial charge in [-0.15, -0.1) is 5.10 Å². The minimum absolute atomic E-state index is 0.0730. The Morgan fingerprint density at radius 1 is 1.40 bits per heavy atom. The quantitative estimate of drug-likeness (QED) is 0.490. The molecule has 0 saturated carbocycles. The largest absolute Gasteiger partial charge is 0.369 e. The molecule has 102 valence electrons. The molecule has 0 aliphatic carbocycles. The lowest BCUT2D eigenvalue weighted by molar-refractivity contribution is 0.715. The minimum Gasteiger partial charge on any atom is -0.369 e. The van der Waals surface area contributed by atoms with Crippen molar-refractivity contribution in [2.24, 2.45) is 21.7 Å². The number of nitrogens with zero attached hydrogens (tertiary/aromatic N) is 5. The zero-order chi connectivity index (χ0) is 13.9. The summed E-state index contributed by atoms with van der Waals surface area (Å²) in [5.41, 5.74) is 13.0. The van der Waals surface area contributed by atoms with Gasteiger partial charge in [-0.25, -0.2) is 4.98 Å². The summed E-state index contributed by atoms with van der Waals surface area (Å²) in [6, 6.07) is 5.71. The van der Waals surface area contributed by atoms with E-state index in [1.807, 2.05) is 18.2 Å². The molecule has 0 fully saturated rings. The molecule has 2 aromatic heterocycles. The summed E-state index contributed by atoms with van der Waals surface area (Å²) in [5.74, 6) is 0.935. The number of nitrogens with two attached hydrogens (primary N) is 2. The van der Waals surface area contributed by atoms with Crippen LogP contribution in [0.1, 0.15) is 5.69 Å². The van der Waals surface area contributed by atoms with Crippen LogP contribution in [0.15, 0.2) is 39.8 Å². The molecule has 7 nitrogen and oxygen atoms in total. The summed E-state index contributed by atoms with van der Waals surface area (Å²) < 4.78 is 2.10. The molecule has 1 aliphatic heterocycles. The van der Waals surface area contributed by atoms with Crippen LogP contribution in [-0.4, -0.2) is 32.5 Å². The van der Waals surface area contributed by atoms with Gasteiger partial charge in [0.1, 0.15) is 5.69 Å². The van der Waals surface area contributed by atoms with E-state index in [1.165, 1.54) is 0 Å². The van der Waals surface area contributed by atoms with Gasteiger partial charge in [0, 0.05) is 18.5 Å². The van der Waals surface area contributed by atoms with Gasteiger partial charge in [-0.1, -0.05) is 17.8 Å². The molecule has 0 spiro atoms. The third-order valence-corrected chi connectivity index (χ3v) is 3.74. The van der Waals surface area contributed by atoms with Crippen LogP contribution in [0.2, 0.25) is 0 Å². The first-order chi connectivity index (χ1) is 9.75. The van der Waals surface area contributed by atoms with Crippen LogP contribution in [0.4, 0.5) is 0 Å². The number of imidazole rings is 1. The molecular formula is C12H13N7S. The molecule has 0 radical (unpaired) electrons. The highest BCUT2D eigenvalue weighted by atomic mass is 32.2. The van der Waals surface area contributed by atoms with Gasteiger partial charge in [-0.3, -0.25) is 4.98 Å². The molecule has 0 unspecified atom stereocenters. The Morgan fingerprint density at radius 2 is 2.30 bits per heavy atom. The van der Waals surface area contributed by atoms with Gasteiger partial charge in [0.25, 0.3) is 0 Å². The van der Waals surface area contributed by atoms with Crippen molar-refractivity contribution in [3.63, 3.8) is 0 Å². The lowest BCUT2D eigenvalue weighted by Crippen LogP contribution is -2.21. The second-order valence-corrected chi connectivity index (χ2v) is 5.17. The van der Waals surface area contributed by atoms with Crippen molar-refractivity contribution in [2.75, 3.05) is 5.75 Å². The normalized spacial score (nSPS) is 13.6. The van der Waals surface area contributed by atoms with Crippen LogP contribution in [-0.2, 0) is 6.54 Å². The SMILES string of the molecule is NC(N)=N/N=C/c1c(-c2ccccn2)nc2n1CCS2. The second-order valence-electron chi connectivity index (χ2n) is 4.11. The number of hydrogen-bond donors (Lipinski definition) is 2. The number of aromatic nitrogens is 3. The van der Waals surface area contributed by atoms with Crippen molar-refractivity contribution >= 4 is 23.9 Å². The monoisotopic (exact) mass is 287 g/mol.